The van der Waals surface area contributed by atoms with Gasteiger partial charge in [-0.05, 0) is 54.6 Å². The summed E-state index contributed by atoms with van der Waals surface area (Å²) in [6.07, 6.45) is 0. The number of benzene rings is 3. The van der Waals surface area contributed by atoms with Gasteiger partial charge in [0.1, 0.15) is 23.9 Å². The number of carbonyl (C=O) groups is 1. The Balaban J connectivity index is 1.41. The summed E-state index contributed by atoms with van der Waals surface area (Å²) in [5.41, 5.74) is 2.54. The Kier molecular flexibility index (Phi) is 7.25. The molecule has 0 unspecified atom stereocenters. The Morgan fingerprint density at radius 2 is 1.61 bits per heavy atom. The minimum atomic E-state index is 0.00558. The molecule has 0 aliphatic carbocycles. The quantitative estimate of drug-likeness (QED) is 0.495. The maximum Gasteiger partial charge on any atom is 0.253 e. The molecule has 172 valence electrons. The van der Waals surface area contributed by atoms with Crippen molar-refractivity contribution in [1.82, 2.24) is 4.90 Å². The summed E-state index contributed by atoms with van der Waals surface area (Å²) in [6.45, 7) is 3.11. The summed E-state index contributed by atoms with van der Waals surface area (Å²) >= 11 is 6.19. The number of ether oxygens (including phenoxy) is 3. The molecule has 0 atom stereocenters. The standard InChI is InChI=1S/C26H27ClN2O4/c1-31-22-10-8-21(9-11-22)28-13-15-29(16-14-28)26(30)19-7-12-24(32-2)20(17-19)18-33-25-6-4-3-5-23(25)27/h3-12,17H,13-16,18H2,1-2H3. The highest BCUT2D eigenvalue weighted by molar-refractivity contribution is 6.32. The SMILES string of the molecule is COc1ccc(N2CCN(C(=O)c3ccc(OC)c(COc4ccccc4Cl)c3)CC2)cc1. The molecule has 1 aliphatic rings. The number of carbonyl (C=O) groups excluding carboxylic acids is 1. The van der Waals surface area contributed by atoms with Crippen LogP contribution in [0.15, 0.2) is 66.7 Å². The molecule has 0 radical (unpaired) electrons. The van der Waals surface area contributed by atoms with Crippen molar-refractivity contribution in [2.45, 2.75) is 6.61 Å². The summed E-state index contributed by atoms with van der Waals surface area (Å²) in [6, 6.07) is 20.8. The van der Waals surface area contributed by atoms with Crippen molar-refractivity contribution in [2.24, 2.45) is 0 Å². The smallest absolute Gasteiger partial charge is 0.253 e. The summed E-state index contributed by atoms with van der Waals surface area (Å²) in [4.78, 5) is 17.4. The van der Waals surface area contributed by atoms with E-state index in [1.165, 1.54) is 0 Å². The molecule has 1 fully saturated rings. The van der Waals surface area contributed by atoms with Crippen LogP contribution in [0.1, 0.15) is 15.9 Å². The molecule has 3 aromatic rings. The van der Waals surface area contributed by atoms with Crippen LogP contribution in [-0.2, 0) is 6.61 Å². The van der Waals surface area contributed by atoms with Gasteiger partial charge < -0.3 is 24.0 Å². The summed E-state index contributed by atoms with van der Waals surface area (Å²) in [5, 5.41) is 0.540. The van der Waals surface area contributed by atoms with E-state index in [4.69, 9.17) is 25.8 Å². The topological polar surface area (TPSA) is 51.2 Å². The van der Waals surface area contributed by atoms with Gasteiger partial charge in [-0.1, -0.05) is 23.7 Å². The van der Waals surface area contributed by atoms with E-state index in [1.54, 1.807) is 26.4 Å². The molecular formula is C26H27ClN2O4. The molecule has 1 amide bonds. The van der Waals surface area contributed by atoms with Crippen molar-refractivity contribution in [3.8, 4) is 17.2 Å². The van der Waals surface area contributed by atoms with Gasteiger partial charge in [0, 0.05) is 43.0 Å². The molecule has 1 aliphatic heterocycles. The minimum absolute atomic E-state index is 0.00558. The highest BCUT2D eigenvalue weighted by atomic mass is 35.5. The van der Waals surface area contributed by atoms with Crippen LogP contribution in [0, 0.1) is 0 Å². The monoisotopic (exact) mass is 466 g/mol. The molecule has 3 aromatic carbocycles. The van der Waals surface area contributed by atoms with E-state index < -0.39 is 0 Å². The van der Waals surface area contributed by atoms with Gasteiger partial charge in [-0.3, -0.25) is 4.79 Å². The van der Waals surface area contributed by atoms with Gasteiger partial charge in [-0.25, -0.2) is 0 Å². The number of hydrogen-bond acceptors (Lipinski definition) is 5. The molecule has 0 N–H and O–H groups in total. The van der Waals surface area contributed by atoms with E-state index >= 15 is 0 Å². The number of nitrogens with zero attached hydrogens (tertiary/aromatic N) is 2. The Morgan fingerprint density at radius 1 is 0.879 bits per heavy atom. The zero-order chi connectivity index (χ0) is 23.2. The molecule has 7 heteroatoms. The number of halogens is 1. The van der Waals surface area contributed by atoms with Crippen LogP contribution in [0.5, 0.6) is 17.2 Å². The van der Waals surface area contributed by atoms with Crippen LogP contribution >= 0.6 is 11.6 Å². The Bertz CT molecular complexity index is 1100. The van der Waals surface area contributed by atoms with Crippen LogP contribution in [0.3, 0.4) is 0 Å². The fourth-order valence-electron chi connectivity index (χ4n) is 3.89. The van der Waals surface area contributed by atoms with Gasteiger partial charge in [0.2, 0.25) is 0 Å². The molecule has 4 rings (SSSR count). The van der Waals surface area contributed by atoms with E-state index in [9.17, 15) is 4.79 Å². The Hall–Kier alpha value is -3.38. The lowest BCUT2D eigenvalue weighted by Gasteiger charge is -2.36. The van der Waals surface area contributed by atoms with Crippen LogP contribution in [0.2, 0.25) is 5.02 Å². The van der Waals surface area contributed by atoms with Gasteiger partial charge in [0.05, 0.1) is 19.2 Å². The first-order valence-electron chi connectivity index (χ1n) is 10.8. The van der Waals surface area contributed by atoms with Gasteiger partial charge in [0.15, 0.2) is 0 Å². The number of para-hydroxylation sites is 1. The maximum atomic E-state index is 13.2. The van der Waals surface area contributed by atoms with Crippen LogP contribution < -0.4 is 19.1 Å². The number of amides is 1. The zero-order valence-corrected chi connectivity index (χ0v) is 19.5. The number of methoxy groups -OCH3 is 2. The lowest BCUT2D eigenvalue weighted by Crippen LogP contribution is -2.48. The van der Waals surface area contributed by atoms with Gasteiger partial charge in [0.25, 0.3) is 5.91 Å². The fourth-order valence-corrected chi connectivity index (χ4v) is 4.08. The Labute approximate surface area is 199 Å². The third-order valence-electron chi connectivity index (χ3n) is 5.75. The minimum Gasteiger partial charge on any atom is -0.497 e. The highest BCUT2D eigenvalue weighted by Gasteiger charge is 2.23. The number of piperazine rings is 1. The Morgan fingerprint density at radius 3 is 2.27 bits per heavy atom. The summed E-state index contributed by atoms with van der Waals surface area (Å²) in [5.74, 6) is 2.10. The van der Waals surface area contributed by atoms with Crippen molar-refractivity contribution in [1.29, 1.82) is 0 Å². The maximum absolute atomic E-state index is 13.2. The third kappa shape index (κ3) is 5.34. The lowest BCUT2D eigenvalue weighted by atomic mass is 10.1. The molecule has 1 saturated heterocycles. The highest BCUT2D eigenvalue weighted by Crippen LogP contribution is 2.27. The molecule has 0 saturated carbocycles. The second-order valence-electron chi connectivity index (χ2n) is 7.72. The normalized spacial score (nSPS) is 13.5. The first-order valence-corrected chi connectivity index (χ1v) is 11.2. The number of hydrogen-bond donors (Lipinski definition) is 0. The fraction of sp³-hybridized carbons (Fsp3) is 0.269. The van der Waals surface area contributed by atoms with Crippen molar-refractivity contribution in [3.63, 3.8) is 0 Å². The van der Waals surface area contributed by atoms with E-state index in [1.807, 2.05) is 59.5 Å². The van der Waals surface area contributed by atoms with Gasteiger partial charge in [-0.2, -0.15) is 0 Å². The molecule has 1 heterocycles. The van der Waals surface area contributed by atoms with Crippen LogP contribution in [-0.4, -0.2) is 51.2 Å². The van der Waals surface area contributed by atoms with E-state index in [0.717, 1.165) is 30.1 Å². The molecular weight excluding hydrogens is 440 g/mol. The first-order chi connectivity index (χ1) is 16.1. The predicted octanol–water partition coefficient (Wildman–Crippen LogP) is 4.90. The van der Waals surface area contributed by atoms with Crippen LogP contribution in [0.25, 0.3) is 0 Å². The van der Waals surface area contributed by atoms with Gasteiger partial charge in [-0.15, -0.1) is 0 Å². The zero-order valence-electron chi connectivity index (χ0n) is 18.8. The summed E-state index contributed by atoms with van der Waals surface area (Å²) in [7, 11) is 3.27. The molecule has 6 nitrogen and oxygen atoms in total. The first kappa shape index (κ1) is 22.8. The van der Waals surface area contributed by atoms with E-state index in [2.05, 4.69) is 4.90 Å². The van der Waals surface area contributed by atoms with E-state index in [0.29, 0.717) is 35.2 Å². The third-order valence-corrected chi connectivity index (χ3v) is 6.06. The predicted molar refractivity (Wildman–Crippen MR) is 130 cm³/mol. The number of rotatable bonds is 7. The molecule has 33 heavy (non-hydrogen) atoms. The lowest BCUT2D eigenvalue weighted by molar-refractivity contribution is 0.0746. The molecule has 0 aromatic heterocycles. The van der Waals surface area contributed by atoms with Crippen LogP contribution in [0.4, 0.5) is 5.69 Å². The number of anilines is 1. The molecule has 0 spiro atoms. The van der Waals surface area contributed by atoms with Crippen molar-refractivity contribution >= 4 is 23.2 Å². The average molecular weight is 467 g/mol. The van der Waals surface area contributed by atoms with Crippen molar-refractivity contribution in [3.05, 3.63) is 82.9 Å². The second kappa shape index (κ2) is 10.5. The summed E-state index contributed by atoms with van der Waals surface area (Å²) < 4.78 is 16.6. The largest absolute Gasteiger partial charge is 0.497 e. The van der Waals surface area contributed by atoms with Gasteiger partial charge >= 0.3 is 0 Å². The van der Waals surface area contributed by atoms with Crippen molar-refractivity contribution < 1.29 is 19.0 Å². The average Bonchev–Trinajstić information content (AvgIpc) is 2.88. The van der Waals surface area contributed by atoms with Crippen molar-refractivity contribution in [2.75, 3.05) is 45.3 Å². The van der Waals surface area contributed by atoms with E-state index in [-0.39, 0.29) is 12.5 Å². The molecule has 0 bridgehead atoms. The second-order valence-corrected chi connectivity index (χ2v) is 8.13.